The van der Waals surface area contributed by atoms with E-state index < -0.39 is 0 Å². The first-order valence-corrected chi connectivity index (χ1v) is 5.67. The number of rotatable bonds is 1. The molecule has 0 saturated heterocycles. The summed E-state index contributed by atoms with van der Waals surface area (Å²) in [5.41, 5.74) is -0.139. The molecule has 0 fully saturated rings. The Hall–Kier alpha value is -0.0331. The minimum absolute atomic E-state index is 0.139. The van der Waals surface area contributed by atoms with Gasteiger partial charge >= 0.3 is 0 Å². The molecule has 1 nitrogen and oxygen atoms in total. The average Bonchev–Trinajstić information content (AvgIpc) is 1.96. The third-order valence-electron chi connectivity index (χ3n) is 1.38. The standard InChI is InChI=1S/C10H12IOSi/c1-10(2,3)12-7-5-4-6-8(13)9(7)11/h4-6H,1-3H3. The highest BCUT2D eigenvalue weighted by molar-refractivity contribution is 14.1. The van der Waals surface area contributed by atoms with Crippen molar-refractivity contribution in [1.29, 1.82) is 0 Å². The van der Waals surface area contributed by atoms with Crippen LogP contribution >= 0.6 is 22.6 Å². The fraction of sp³-hybridized carbons (Fsp3) is 0.400. The van der Waals surface area contributed by atoms with Crippen LogP contribution < -0.4 is 9.92 Å². The van der Waals surface area contributed by atoms with Crippen LogP contribution in [0.15, 0.2) is 18.2 Å². The van der Waals surface area contributed by atoms with Crippen LogP contribution in [0.1, 0.15) is 20.8 Å². The monoisotopic (exact) mass is 303 g/mol. The van der Waals surface area contributed by atoms with Crippen molar-refractivity contribution >= 4 is 38.0 Å². The van der Waals surface area contributed by atoms with E-state index in [1.165, 1.54) is 0 Å². The van der Waals surface area contributed by atoms with Gasteiger partial charge in [0, 0.05) is 0 Å². The number of hydrogen-bond donors (Lipinski definition) is 0. The molecule has 0 saturated carbocycles. The molecule has 3 heteroatoms. The molecule has 0 heterocycles. The highest BCUT2D eigenvalue weighted by atomic mass is 127. The van der Waals surface area contributed by atoms with Crippen molar-refractivity contribution in [3.63, 3.8) is 0 Å². The Kier molecular flexibility index (Phi) is 3.40. The summed E-state index contributed by atoms with van der Waals surface area (Å²) < 4.78 is 6.89. The second-order valence-corrected chi connectivity index (χ2v) is 5.45. The Morgan fingerprint density at radius 2 is 1.92 bits per heavy atom. The predicted octanol–water partition coefficient (Wildman–Crippen LogP) is 2.26. The average molecular weight is 303 g/mol. The van der Waals surface area contributed by atoms with E-state index in [1.54, 1.807) is 0 Å². The lowest BCUT2D eigenvalue weighted by molar-refractivity contribution is 0.130. The van der Waals surface area contributed by atoms with Crippen molar-refractivity contribution < 1.29 is 4.74 Å². The van der Waals surface area contributed by atoms with E-state index >= 15 is 0 Å². The van der Waals surface area contributed by atoms with Gasteiger partial charge in [-0.05, 0) is 49.4 Å². The van der Waals surface area contributed by atoms with Crippen molar-refractivity contribution in [3.8, 4) is 5.75 Å². The van der Waals surface area contributed by atoms with E-state index in [-0.39, 0.29) is 5.60 Å². The van der Waals surface area contributed by atoms with Gasteiger partial charge in [-0.3, -0.25) is 0 Å². The van der Waals surface area contributed by atoms with Gasteiger partial charge in [-0.2, -0.15) is 0 Å². The molecule has 1 aromatic carbocycles. The van der Waals surface area contributed by atoms with Gasteiger partial charge in [-0.25, -0.2) is 0 Å². The van der Waals surface area contributed by atoms with Gasteiger partial charge in [-0.1, -0.05) is 17.3 Å². The normalized spacial score (nSPS) is 11.5. The number of hydrogen-bond acceptors (Lipinski definition) is 1. The topological polar surface area (TPSA) is 9.23 Å². The van der Waals surface area contributed by atoms with Gasteiger partial charge in [0.1, 0.15) is 11.4 Å². The Morgan fingerprint density at radius 1 is 1.31 bits per heavy atom. The molecule has 0 atom stereocenters. The Bertz CT molecular complexity index is 304. The lowest BCUT2D eigenvalue weighted by Crippen LogP contribution is -2.24. The zero-order chi connectivity index (χ0) is 10.1. The minimum Gasteiger partial charge on any atom is -0.487 e. The highest BCUT2D eigenvalue weighted by Crippen LogP contribution is 2.22. The van der Waals surface area contributed by atoms with Crippen LogP contribution in [0.3, 0.4) is 0 Å². The van der Waals surface area contributed by atoms with E-state index in [2.05, 4.69) is 32.8 Å². The van der Waals surface area contributed by atoms with E-state index in [4.69, 9.17) is 4.74 Å². The van der Waals surface area contributed by atoms with Gasteiger partial charge in [0.15, 0.2) is 0 Å². The zero-order valence-electron chi connectivity index (χ0n) is 8.02. The third kappa shape index (κ3) is 3.30. The Morgan fingerprint density at radius 3 is 2.46 bits per heavy atom. The van der Waals surface area contributed by atoms with E-state index in [0.29, 0.717) is 0 Å². The number of halogens is 1. The first kappa shape index (κ1) is 11.0. The molecule has 69 valence electrons. The molecule has 1 aromatic rings. The summed E-state index contributed by atoms with van der Waals surface area (Å²) in [4.78, 5) is 0. The molecule has 3 radical (unpaired) electrons. The summed E-state index contributed by atoms with van der Waals surface area (Å²) >= 11 is 2.27. The molecular formula is C10H12IOSi. The van der Waals surface area contributed by atoms with Gasteiger partial charge < -0.3 is 4.74 Å². The predicted molar refractivity (Wildman–Crippen MR) is 64.9 cm³/mol. The fourth-order valence-corrected chi connectivity index (χ4v) is 1.61. The lowest BCUT2D eigenvalue weighted by atomic mass is 10.2. The van der Waals surface area contributed by atoms with Crippen LogP contribution in [-0.2, 0) is 0 Å². The van der Waals surface area contributed by atoms with Gasteiger partial charge in [0.25, 0.3) is 0 Å². The molecule has 0 N–H and O–H groups in total. The molecule has 0 bridgehead atoms. The van der Waals surface area contributed by atoms with Gasteiger partial charge in [0.2, 0.25) is 0 Å². The van der Waals surface area contributed by atoms with Crippen LogP contribution in [0.5, 0.6) is 5.75 Å². The maximum atomic E-state index is 5.77. The molecule has 13 heavy (non-hydrogen) atoms. The summed E-state index contributed by atoms with van der Waals surface area (Å²) in [7, 11) is 3.52. The summed E-state index contributed by atoms with van der Waals surface area (Å²) in [6.45, 7) is 6.14. The summed E-state index contributed by atoms with van der Waals surface area (Å²) in [6.07, 6.45) is 0. The van der Waals surface area contributed by atoms with Gasteiger partial charge in [-0.15, -0.1) is 0 Å². The van der Waals surface area contributed by atoms with Crippen LogP contribution in [0.25, 0.3) is 0 Å². The first-order chi connectivity index (χ1) is 5.90. The molecule has 0 aliphatic rings. The van der Waals surface area contributed by atoms with E-state index in [9.17, 15) is 0 Å². The largest absolute Gasteiger partial charge is 0.487 e. The van der Waals surface area contributed by atoms with Crippen LogP contribution in [0, 0.1) is 3.57 Å². The molecule has 0 amide bonds. The Labute approximate surface area is 96.4 Å². The molecule has 0 unspecified atom stereocenters. The summed E-state index contributed by atoms with van der Waals surface area (Å²) in [5.74, 6) is 0.931. The zero-order valence-corrected chi connectivity index (χ0v) is 11.2. The molecule has 1 rings (SSSR count). The number of ether oxygens (including phenoxy) is 1. The van der Waals surface area contributed by atoms with E-state index in [1.807, 2.05) is 39.0 Å². The van der Waals surface area contributed by atoms with Crippen molar-refractivity contribution in [3.05, 3.63) is 21.8 Å². The second-order valence-electron chi connectivity index (χ2n) is 3.83. The van der Waals surface area contributed by atoms with Crippen molar-refractivity contribution in [1.82, 2.24) is 0 Å². The van der Waals surface area contributed by atoms with Crippen LogP contribution in [-0.4, -0.2) is 15.8 Å². The van der Waals surface area contributed by atoms with Crippen LogP contribution in [0.4, 0.5) is 0 Å². The molecule has 0 aromatic heterocycles. The molecule has 0 aliphatic carbocycles. The third-order valence-corrected chi connectivity index (χ3v) is 3.42. The maximum absolute atomic E-state index is 5.77. The van der Waals surface area contributed by atoms with Crippen molar-refractivity contribution in [2.45, 2.75) is 26.4 Å². The van der Waals surface area contributed by atoms with Crippen LogP contribution in [0.2, 0.25) is 0 Å². The molecule has 0 spiro atoms. The fourth-order valence-electron chi connectivity index (χ4n) is 0.919. The summed E-state index contributed by atoms with van der Waals surface area (Å²) in [5, 5.41) is 1.07. The molecular weight excluding hydrogens is 291 g/mol. The minimum atomic E-state index is -0.139. The molecule has 0 aliphatic heterocycles. The quantitative estimate of drug-likeness (QED) is 0.571. The highest BCUT2D eigenvalue weighted by Gasteiger charge is 2.13. The first-order valence-electron chi connectivity index (χ1n) is 4.09. The maximum Gasteiger partial charge on any atom is 0.133 e. The smallest absolute Gasteiger partial charge is 0.133 e. The van der Waals surface area contributed by atoms with Gasteiger partial charge in [0.05, 0.1) is 13.8 Å². The second kappa shape index (κ2) is 4.00. The SMILES string of the molecule is CC(C)(C)Oc1cccc([Si])c1I. The van der Waals surface area contributed by atoms with Crippen molar-refractivity contribution in [2.75, 3.05) is 0 Å². The number of benzene rings is 1. The Balaban J connectivity index is 2.96. The van der Waals surface area contributed by atoms with Crippen molar-refractivity contribution in [2.24, 2.45) is 0 Å². The lowest BCUT2D eigenvalue weighted by Gasteiger charge is -2.22. The van der Waals surface area contributed by atoms with E-state index in [0.717, 1.165) is 14.5 Å². The summed E-state index contributed by atoms with van der Waals surface area (Å²) in [6, 6.07) is 5.97.